The summed E-state index contributed by atoms with van der Waals surface area (Å²) in [6.45, 7) is 11.6. The van der Waals surface area contributed by atoms with Crippen LogP contribution in [0.1, 0.15) is 40.0 Å². The molecule has 0 saturated carbocycles. The molecule has 0 bridgehead atoms. The maximum absolute atomic E-state index is 5.49. The smallest absolute Gasteiger partial charge is 0.232 e. The number of thiocarbonyl (C=S) groups is 1. The predicted molar refractivity (Wildman–Crippen MR) is 115 cm³/mol. The summed E-state index contributed by atoms with van der Waals surface area (Å²) in [5.41, 5.74) is 0. The number of hydrogen-bond acceptors (Lipinski definition) is 6. The van der Waals surface area contributed by atoms with Gasteiger partial charge in [0.1, 0.15) is 11.6 Å². The largest absolute Gasteiger partial charge is 0.378 e. The Balaban J connectivity index is 1.82. The molecule has 2 aliphatic rings. The number of rotatable bonds is 5. The first kappa shape index (κ1) is 20.1. The Morgan fingerprint density at radius 2 is 1.96 bits per heavy atom. The first-order valence-electron chi connectivity index (χ1n) is 10.1. The normalized spacial score (nSPS) is 20.7. The number of piperidine rings is 1. The number of nitrogens with zero attached hydrogens (tertiary/aromatic N) is 4. The SMILES string of the molecule is CC(C)CNC(=S)Nc1nc(N2CCOCC2)cc(N2CCCC[C@H]2C)n1. The number of hydrogen-bond donors (Lipinski definition) is 2. The zero-order chi connectivity index (χ0) is 19.2. The Labute approximate surface area is 167 Å². The second-order valence-corrected chi connectivity index (χ2v) is 8.18. The fourth-order valence-electron chi connectivity index (χ4n) is 3.46. The summed E-state index contributed by atoms with van der Waals surface area (Å²) in [4.78, 5) is 14.2. The van der Waals surface area contributed by atoms with Gasteiger partial charge < -0.3 is 25.2 Å². The van der Waals surface area contributed by atoms with Crippen molar-refractivity contribution in [3.63, 3.8) is 0 Å². The molecule has 2 saturated heterocycles. The van der Waals surface area contributed by atoms with E-state index in [1.165, 1.54) is 19.3 Å². The summed E-state index contributed by atoms with van der Waals surface area (Å²) in [5.74, 6) is 3.01. The van der Waals surface area contributed by atoms with Crippen molar-refractivity contribution in [2.24, 2.45) is 5.92 Å². The van der Waals surface area contributed by atoms with E-state index in [-0.39, 0.29) is 0 Å². The van der Waals surface area contributed by atoms with E-state index in [1.54, 1.807) is 0 Å². The van der Waals surface area contributed by atoms with Gasteiger partial charge in [-0.2, -0.15) is 9.97 Å². The van der Waals surface area contributed by atoms with E-state index in [9.17, 15) is 0 Å². The average molecular weight is 393 g/mol. The third kappa shape index (κ3) is 5.65. The van der Waals surface area contributed by atoms with E-state index in [0.717, 1.165) is 51.0 Å². The van der Waals surface area contributed by atoms with Crippen molar-refractivity contribution in [2.75, 3.05) is 54.5 Å². The number of morpholine rings is 1. The van der Waals surface area contributed by atoms with E-state index in [0.29, 0.717) is 23.0 Å². The van der Waals surface area contributed by atoms with Gasteiger partial charge in [-0.15, -0.1) is 0 Å². The predicted octanol–water partition coefficient (Wildman–Crippen LogP) is 2.63. The highest BCUT2D eigenvalue weighted by Gasteiger charge is 2.23. The number of ether oxygens (including phenoxy) is 1. The fourth-order valence-corrected chi connectivity index (χ4v) is 3.64. The highest BCUT2D eigenvalue weighted by molar-refractivity contribution is 7.80. The molecule has 0 spiro atoms. The van der Waals surface area contributed by atoms with Crippen molar-refractivity contribution in [1.82, 2.24) is 15.3 Å². The van der Waals surface area contributed by atoms with Crippen LogP contribution < -0.4 is 20.4 Å². The van der Waals surface area contributed by atoms with Gasteiger partial charge >= 0.3 is 0 Å². The highest BCUT2D eigenvalue weighted by atomic mass is 32.1. The van der Waals surface area contributed by atoms with E-state index in [4.69, 9.17) is 26.9 Å². The molecular weight excluding hydrogens is 360 g/mol. The van der Waals surface area contributed by atoms with Crippen LogP contribution in [0.3, 0.4) is 0 Å². The quantitative estimate of drug-likeness (QED) is 0.742. The van der Waals surface area contributed by atoms with Gasteiger partial charge in [0.2, 0.25) is 5.95 Å². The van der Waals surface area contributed by atoms with Gasteiger partial charge in [-0.1, -0.05) is 13.8 Å². The zero-order valence-electron chi connectivity index (χ0n) is 16.7. The molecule has 2 aliphatic heterocycles. The van der Waals surface area contributed by atoms with Crippen LogP contribution in [0.15, 0.2) is 6.07 Å². The third-order valence-corrected chi connectivity index (χ3v) is 5.27. The zero-order valence-corrected chi connectivity index (χ0v) is 17.5. The Morgan fingerprint density at radius 1 is 1.22 bits per heavy atom. The van der Waals surface area contributed by atoms with Gasteiger partial charge in [0.05, 0.1) is 13.2 Å². The van der Waals surface area contributed by atoms with Gasteiger partial charge in [0, 0.05) is 38.3 Å². The lowest BCUT2D eigenvalue weighted by molar-refractivity contribution is 0.122. The lowest BCUT2D eigenvalue weighted by Crippen LogP contribution is -2.40. The molecule has 3 heterocycles. The molecule has 2 N–H and O–H groups in total. The summed E-state index contributed by atoms with van der Waals surface area (Å²) >= 11 is 5.43. The second kappa shape index (κ2) is 9.50. The van der Waals surface area contributed by atoms with E-state index in [2.05, 4.69) is 47.3 Å². The fraction of sp³-hybridized carbons (Fsp3) is 0.737. The van der Waals surface area contributed by atoms with E-state index < -0.39 is 0 Å². The molecule has 1 aromatic heterocycles. The average Bonchev–Trinajstić information content (AvgIpc) is 2.67. The molecule has 0 radical (unpaired) electrons. The summed E-state index contributed by atoms with van der Waals surface area (Å²) in [5, 5.41) is 6.98. The first-order chi connectivity index (χ1) is 13.0. The van der Waals surface area contributed by atoms with Crippen molar-refractivity contribution in [1.29, 1.82) is 0 Å². The minimum absolute atomic E-state index is 0.491. The number of aromatic nitrogens is 2. The molecule has 0 aromatic carbocycles. The molecule has 1 aromatic rings. The van der Waals surface area contributed by atoms with Crippen molar-refractivity contribution >= 4 is 34.9 Å². The van der Waals surface area contributed by atoms with Crippen LogP contribution in [0.25, 0.3) is 0 Å². The van der Waals surface area contributed by atoms with Gasteiger partial charge in [0.25, 0.3) is 0 Å². The Hall–Kier alpha value is -1.67. The van der Waals surface area contributed by atoms with Crippen LogP contribution in [-0.4, -0.2) is 60.5 Å². The van der Waals surface area contributed by atoms with Crippen LogP contribution in [0.2, 0.25) is 0 Å². The van der Waals surface area contributed by atoms with Crippen LogP contribution in [0, 0.1) is 5.92 Å². The summed E-state index contributed by atoms with van der Waals surface area (Å²) in [6.07, 6.45) is 3.69. The third-order valence-electron chi connectivity index (χ3n) is 5.03. The lowest BCUT2D eigenvalue weighted by Gasteiger charge is -2.35. The molecule has 2 fully saturated rings. The van der Waals surface area contributed by atoms with Gasteiger partial charge in [-0.25, -0.2) is 0 Å². The molecule has 150 valence electrons. The van der Waals surface area contributed by atoms with Crippen LogP contribution in [-0.2, 0) is 4.74 Å². The second-order valence-electron chi connectivity index (χ2n) is 7.77. The number of nitrogens with one attached hydrogen (secondary N) is 2. The summed E-state index contributed by atoms with van der Waals surface area (Å²) < 4.78 is 5.49. The van der Waals surface area contributed by atoms with Gasteiger partial charge in [-0.3, -0.25) is 0 Å². The Morgan fingerprint density at radius 3 is 2.67 bits per heavy atom. The van der Waals surface area contributed by atoms with Crippen molar-refractivity contribution < 1.29 is 4.74 Å². The Bertz CT molecular complexity index is 635. The van der Waals surface area contributed by atoms with Crippen LogP contribution >= 0.6 is 12.2 Å². The topological polar surface area (TPSA) is 65.6 Å². The maximum Gasteiger partial charge on any atom is 0.232 e. The molecule has 0 amide bonds. The van der Waals surface area contributed by atoms with Crippen LogP contribution in [0.5, 0.6) is 0 Å². The van der Waals surface area contributed by atoms with Crippen molar-refractivity contribution in [3.05, 3.63) is 6.07 Å². The molecular formula is C19H32N6OS. The van der Waals surface area contributed by atoms with E-state index in [1.807, 2.05) is 0 Å². The Kier molecular flexibility index (Phi) is 7.07. The lowest BCUT2D eigenvalue weighted by atomic mass is 10.0. The molecule has 8 heteroatoms. The highest BCUT2D eigenvalue weighted by Crippen LogP contribution is 2.27. The van der Waals surface area contributed by atoms with Gasteiger partial charge in [-0.05, 0) is 44.3 Å². The van der Waals surface area contributed by atoms with Crippen molar-refractivity contribution in [3.8, 4) is 0 Å². The molecule has 7 nitrogen and oxygen atoms in total. The molecule has 0 aliphatic carbocycles. The van der Waals surface area contributed by atoms with Crippen molar-refractivity contribution in [2.45, 2.75) is 46.1 Å². The minimum Gasteiger partial charge on any atom is -0.378 e. The summed E-state index contributed by atoms with van der Waals surface area (Å²) in [7, 11) is 0. The standard InChI is InChI=1S/C19H32N6OS/c1-14(2)13-20-19(27)23-18-21-16(24-8-10-26-11-9-24)12-17(22-18)25-7-5-4-6-15(25)3/h12,14-15H,4-11,13H2,1-3H3,(H2,20,21,22,23,27)/t15-/m1/s1. The minimum atomic E-state index is 0.491. The molecule has 3 rings (SSSR count). The maximum atomic E-state index is 5.49. The molecule has 27 heavy (non-hydrogen) atoms. The summed E-state index contributed by atoms with van der Waals surface area (Å²) in [6, 6.07) is 2.60. The first-order valence-corrected chi connectivity index (χ1v) is 10.5. The molecule has 1 atom stereocenters. The number of anilines is 3. The monoisotopic (exact) mass is 392 g/mol. The van der Waals surface area contributed by atoms with E-state index >= 15 is 0 Å². The van der Waals surface area contributed by atoms with Crippen LogP contribution in [0.4, 0.5) is 17.6 Å². The molecule has 0 unspecified atom stereocenters. The van der Waals surface area contributed by atoms with Gasteiger partial charge in [0.15, 0.2) is 5.11 Å².